The van der Waals surface area contributed by atoms with E-state index in [0.717, 1.165) is 71.0 Å². The highest BCUT2D eigenvalue weighted by Gasteiger charge is 2.33. The Hall–Kier alpha value is -1.67. The number of benzene rings is 1. The Labute approximate surface area is 161 Å². The number of hydrogen-bond acceptors (Lipinski definition) is 7. The van der Waals surface area contributed by atoms with Crippen LogP contribution in [0.25, 0.3) is 10.2 Å². The molecule has 0 N–H and O–H groups in total. The van der Waals surface area contributed by atoms with E-state index in [0.29, 0.717) is 5.91 Å². The Morgan fingerprint density at radius 2 is 1.88 bits per heavy atom. The van der Waals surface area contributed by atoms with Crippen molar-refractivity contribution in [1.82, 2.24) is 9.88 Å². The van der Waals surface area contributed by atoms with Crippen LogP contribution in [0.1, 0.15) is 6.42 Å². The van der Waals surface area contributed by atoms with Gasteiger partial charge >= 0.3 is 0 Å². The maximum atomic E-state index is 12.8. The summed E-state index contributed by atoms with van der Waals surface area (Å²) in [7, 11) is 3.32. The number of nitrogens with zero attached hydrogens (tertiary/aromatic N) is 3. The number of thiazole rings is 1. The van der Waals surface area contributed by atoms with Gasteiger partial charge in [-0.3, -0.25) is 4.79 Å². The number of rotatable bonds is 4. The molecule has 2 aromatic rings. The molecule has 2 aliphatic rings. The number of anilines is 1. The highest BCUT2D eigenvalue weighted by atomic mass is 32.2. The first kappa shape index (κ1) is 17.7. The summed E-state index contributed by atoms with van der Waals surface area (Å²) in [4.78, 5) is 21.8. The van der Waals surface area contributed by atoms with Gasteiger partial charge in [-0.05, 0) is 18.6 Å². The van der Waals surface area contributed by atoms with Gasteiger partial charge in [0, 0.05) is 37.7 Å². The number of fused-ring (bicyclic) bond motifs is 1. The standard InChI is InChI=1S/C18H23N3O3S2/c1-23-13-3-4-14(24-2)16-15(13)19-18(26-16)21-6-5-12(11-21)17(22)20-7-9-25-10-8-20/h3-4,12H,5-11H2,1-2H3. The molecule has 6 nitrogen and oxygen atoms in total. The SMILES string of the molecule is COc1ccc(OC)c2sc(N3CCC(C(=O)N4CCSCC4)C3)nc12. The highest BCUT2D eigenvalue weighted by molar-refractivity contribution is 7.99. The molecule has 140 valence electrons. The first-order valence-electron chi connectivity index (χ1n) is 8.84. The molecule has 1 unspecified atom stereocenters. The molecule has 3 heterocycles. The van der Waals surface area contributed by atoms with Crippen LogP contribution in [0.3, 0.4) is 0 Å². The molecule has 0 radical (unpaired) electrons. The zero-order chi connectivity index (χ0) is 18.1. The molecule has 2 aliphatic heterocycles. The van der Waals surface area contributed by atoms with E-state index in [1.165, 1.54) is 0 Å². The highest BCUT2D eigenvalue weighted by Crippen LogP contribution is 2.41. The largest absolute Gasteiger partial charge is 0.495 e. The molecule has 2 saturated heterocycles. The maximum Gasteiger partial charge on any atom is 0.227 e. The molecule has 0 spiro atoms. The van der Waals surface area contributed by atoms with E-state index < -0.39 is 0 Å². The molecule has 1 amide bonds. The second kappa shape index (κ2) is 7.52. The van der Waals surface area contributed by atoms with Crippen LogP contribution in [0.2, 0.25) is 0 Å². The average Bonchev–Trinajstić information content (AvgIpc) is 3.34. The van der Waals surface area contributed by atoms with E-state index in [-0.39, 0.29) is 5.92 Å². The molecule has 1 atom stereocenters. The number of ether oxygens (including phenoxy) is 2. The van der Waals surface area contributed by atoms with Gasteiger partial charge < -0.3 is 19.3 Å². The summed E-state index contributed by atoms with van der Waals surface area (Å²) in [5.41, 5.74) is 0.828. The van der Waals surface area contributed by atoms with Crippen molar-refractivity contribution in [2.45, 2.75) is 6.42 Å². The number of methoxy groups -OCH3 is 2. The van der Waals surface area contributed by atoms with Crippen LogP contribution in [0.4, 0.5) is 5.13 Å². The summed E-state index contributed by atoms with van der Waals surface area (Å²) in [6, 6.07) is 3.79. The first-order valence-corrected chi connectivity index (χ1v) is 10.8. The molecular weight excluding hydrogens is 370 g/mol. The molecule has 8 heteroatoms. The van der Waals surface area contributed by atoms with Gasteiger partial charge in [0.05, 0.1) is 20.1 Å². The van der Waals surface area contributed by atoms with Gasteiger partial charge in [-0.1, -0.05) is 11.3 Å². The van der Waals surface area contributed by atoms with Gasteiger partial charge in [0.1, 0.15) is 21.7 Å². The molecule has 0 aliphatic carbocycles. The maximum absolute atomic E-state index is 12.8. The van der Waals surface area contributed by atoms with E-state index in [9.17, 15) is 4.79 Å². The van der Waals surface area contributed by atoms with Crippen LogP contribution in [0.15, 0.2) is 12.1 Å². The Balaban J connectivity index is 1.54. The summed E-state index contributed by atoms with van der Waals surface area (Å²) >= 11 is 3.54. The molecule has 1 aromatic carbocycles. The molecule has 0 saturated carbocycles. The van der Waals surface area contributed by atoms with Gasteiger partial charge in [-0.2, -0.15) is 11.8 Å². The lowest BCUT2D eigenvalue weighted by Crippen LogP contribution is -2.42. The summed E-state index contributed by atoms with van der Waals surface area (Å²) in [5, 5.41) is 0.937. The van der Waals surface area contributed by atoms with Gasteiger partial charge in [0.2, 0.25) is 5.91 Å². The number of carbonyl (C=O) groups excluding carboxylic acids is 1. The van der Waals surface area contributed by atoms with E-state index in [1.807, 2.05) is 28.8 Å². The fourth-order valence-corrected chi connectivity index (χ4v) is 5.60. The van der Waals surface area contributed by atoms with Crippen molar-refractivity contribution >= 4 is 44.4 Å². The van der Waals surface area contributed by atoms with Crippen molar-refractivity contribution in [3.63, 3.8) is 0 Å². The third-order valence-electron chi connectivity index (χ3n) is 5.03. The van der Waals surface area contributed by atoms with E-state index in [1.54, 1.807) is 25.6 Å². The number of aromatic nitrogens is 1. The van der Waals surface area contributed by atoms with Crippen LogP contribution in [-0.2, 0) is 4.79 Å². The van der Waals surface area contributed by atoms with Crippen LogP contribution in [0, 0.1) is 5.92 Å². The van der Waals surface area contributed by atoms with Gasteiger partial charge in [-0.25, -0.2) is 4.98 Å². The summed E-state index contributed by atoms with van der Waals surface area (Å²) < 4.78 is 11.9. The first-order chi connectivity index (χ1) is 12.7. The fourth-order valence-electron chi connectivity index (χ4n) is 3.59. The summed E-state index contributed by atoms with van der Waals surface area (Å²) in [6.07, 6.45) is 0.896. The minimum Gasteiger partial charge on any atom is -0.495 e. The Kier molecular flexibility index (Phi) is 5.13. The van der Waals surface area contributed by atoms with Gasteiger partial charge in [0.25, 0.3) is 0 Å². The quantitative estimate of drug-likeness (QED) is 0.796. The molecule has 2 fully saturated rings. The Morgan fingerprint density at radius 3 is 2.62 bits per heavy atom. The predicted octanol–water partition coefficient (Wildman–Crippen LogP) is 2.72. The number of thioether (sulfide) groups is 1. The van der Waals surface area contributed by atoms with Crippen LogP contribution >= 0.6 is 23.1 Å². The van der Waals surface area contributed by atoms with Crippen molar-refractivity contribution in [1.29, 1.82) is 0 Å². The number of hydrogen-bond donors (Lipinski definition) is 0. The second-order valence-corrected chi connectivity index (χ2v) is 8.72. The Bertz CT molecular complexity index is 763. The lowest BCUT2D eigenvalue weighted by Gasteiger charge is -2.28. The van der Waals surface area contributed by atoms with Crippen molar-refractivity contribution < 1.29 is 14.3 Å². The van der Waals surface area contributed by atoms with E-state index in [4.69, 9.17) is 14.5 Å². The molecular formula is C18H23N3O3S2. The third-order valence-corrected chi connectivity index (χ3v) is 7.10. The van der Waals surface area contributed by atoms with E-state index in [2.05, 4.69) is 4.90 Å². The Morgan fingerprint density at radius 1 is 1.15 bits per heavy atom. The zero-order valence-corrected chi connectivity index (χ0v) is 16.7. The monoisotopic (exact) mass is 393 g/mol. The van der Waals surface area contributed by atoms with Crippen LogP contribution in [-0.4, -0.2) is 67.7 Å². The van der Waals surface area contributed by atoms with Crippen LogP contribution in [0.5, 0.6) is 11.5 Å². The predicted molar refractivity (Wildman–Crippen MR) is 107 cm³/mol. The third kappa shape index (κ3) is 3.20. The minimum absolute atomic E-state index is 0.0777. The van der Waals surface area contributed by atoms with Crippen molar-refractivity contribution in [2.75, 3.05) is 56.8 Å². The van der Waals surface area contributed by atoms with E-state index >= 15 is 0 Å². The van der Waals surface area contributed by atoms with Crippen LogP contribution < -0.4 is 14.4 Å². The number of carbonyl (C=O) groups is 1. The molecule has 1 aromatic heterocycles. The molecule has 4 rings (SSSR count). The second-order valence-electron chi connectivity index (χ2n) is 6.51. The lowest BCUT2D eigenvalue weighted by atomic mass is 10.1. The topological polar surface area (TPSA) is 54.9 Å². The van der Waals surface area contributed by atoms with Gasteiger partial charge in [0.15, 0.2) is 5.13 Å². The van der Waals surface area contributed by atoms with Crippen molar-refractivity contribution in [3.05, 3.63) is 12.1 Å². The molecule has 0 bridgehead atoms. The summed E-state index contributed by atoms with van der Waals surface area (Å²) in [6.45, 7) is 3.38. The summed E-state index contributed by atoms with van der Waals surface area (Å²) in [5.74, 6) is 4.06. The lowest BCUT2D eigenvalue weighted by molar-refractivity contribution is -0.134. The smallest absolute Gasteiger partial charge is 0.227 e. The zero-order valence-electron chi connectivity index (χ0n) is 15.1. The van der Waals surface area contributed by atoms with Gasteiger partial charge in [-0.15, -0.1) is 0 Å². The normalized spacial score (nSPS) is 20.6. The average molecular weight is 394 g/mol. The number of amides is 1. The fraction of sp³-hybridized carbons (Fsp3) is 0.556. The van der Waals surface area contributed by atoms with Crippen molar-refractivity contribution in [2.24, 2.45) is 5.92 Å². The van der Waals surface area contributed by atoms with Crippen molar-refractivity contribution in [3.8, 4) is 11.5 Å². The molecule has 26 heavy (non-hydrogen) atoms. The minimum atomic E-state index is 0.0777.